The Morgan fingerprint density at radius 3 is 2.83 bits per heavy atom. The largest absolute Gasteiger partial charge is 0.493 e. The molecule has 2 aromatic rings. The summed E-state index contributed by atoms with van der Waals surface area (Å²) in [6, 6.07) is 10.6. The number of fused-ring (bicyclic) bond motifs is 1. The Morgan fingerprint density at radius 1 is 1.25 bits per heavy atom. The van der Waals surface area contributed by atoms with Gasteiger partial charge < -0.3 is 14.4 Å². The molecule has 0 aromatic heterocycles. The standard InChI is InChI=1S/C30H36ClN3O6/c1-3-34(14-13-27-23-16-22(31)10-9-21(23)19-40-27)29(37)8-5-15-39-26-7-4-6-20(18-35)24(26)17-33(2)25-11-12-28(36)32-30(25)38/h4,6-7,9-10,16,18,25,27H,3,5,8,11-15,17,19H2,1-2H3,(H,32,36,38). The van der Waals surface area contributed by atoms with E-state index >= 15 is 0 Å². The summed E-state index contributed by atoms with van der Waals surface area (Å²) in [5.74, 6) is -0.0179. The summed E-state index contributed by atoms with van der Waals surface area (Å²) in [5, 5.41) is 3.05. The first-order valence-corrected chi connectivity index (χ1v) is 14.1. The first-order chi connectivity index (χ1) is 19.3. The van der Waals surface area contributed by atoms with Gasteiger partial charge in [0.2, 0.25) is 17.7 Å². The van der Waals surface area contributed by atoms with Crippen molar-refractivity contribution in [3.05, 3.63) is 63.7 Å². The van der Waals surface area contributed by atoms with E-state index in [0.717, 1.165) is 17.4 Å². The molecule has 2 heterocycles. The molecule has 0 bridgehead atoms. The molecule has 1 saturated heterocycles. The molecule has 1 fully saturated rings. The number of imide groups is 1. The maximum absolute atomic E-state index is 12.9. The van der Waals surface area contributed by atoms with Crippen LogP contribution in [0.15, 0.2) is 36.4 Å². The van der Waals surface area contributed by atoms with Gasteiger partial charge in [-0.2, -0.15) is 0 Å². The number of amides is 3. The van der Waals surface area contributed by atoms with E-state index in [9.17, 15) is 19.2 Å². The van der Waals surface area contributed by atoms with Gasteiger partial charge in [0.15, 0.2) is 6.29 Å². The first kappa shape index (κ1) is 29.7. The number of carbonyl (C=O) groups is 4. The Morgan fingerprint density at radius 2 is 2.08 bits per heavy atom. The van der Waals surface area contributed by atoms with Crippen molar-refractivity contribution in [3.8, 4) is 5.75 Å². The number of aldehydes is 1. The third-order valence-electron chi connectivity index (χ3n) is 7.53. The molecule has 0 saturated carbocycles. The van der Waals surface area contributed by atoms with Gasteiger partial charge in [0.05, 0.1) is 25.4 Å². The van der Waals surface area contributed by atoms with Crippen molar-refractivity contribution >= 4 is 35.6 Å². The number of carbonyl (C=O) groups excluding carboxylic acids is 4. The van der Waals surface area contributed by atoms with Gasteiger partial charge in [-0.05, 0) is 62.6 Å². The van der Waals surface area contributed by atoms with Crippen LogP contribution >= 0.6 is 11.6 Å². The van der Waals surface area contributed by atoms with Gasteiger partial charge in [-0.15, -0.1) is 0 Å². The smallest absolute Gasteiger partial charge is 0.243 e. The summed E-state index contributed by atoms with van der Waals surface area (Å²) < 4.78 is 11.9. The van der Waals surface area contributed by atoms with Gasteiger partial charge in [-0.3, -0.25) is 29.4 Å². The Kier molecular flexibility index (Phi) is 10.3. The molecular formula is C30H36ClN3O6. The van der Waals surface area contributed by atoms with Crippen LogP contribution in [0.1, 0.15) is 72.2 Å². The average molecular weight is 570 g/mol. The second-order valence-corrected chi connectivity index (χ2v) is 10.6. The van der Waals surface area contributed by atoms with E-state index in [2.05, 4.69) is 5.32 Å². The summed E-state index contributed by atoms with van der Waals surface area (Å²) in [6.45, 7) is 4.32. The second-order valence-electron chi connectivity index (χ2n) is 10.2. The first-order valence-electron chi connectivity index (χ1n) is 13.7. The fourth-order valence-electron chi connectivity index (χ4n) is 5.27. The van der Waals surface area contributed by atoms with Crippen molar-refractivity contribution < 1.29 is 28.7 Å². The van der Waals surface area contributed by atoms with Crippen molar-refractivity contribution in [1.82, 2.24) is 15.1 Å². The molecule has 40 heavy (non-hydrogen) atoms. The van der Waals surface area contributed by atoms with E-state index in [1.54, 1.807) is 25.2 Å². The van der Waals surface area contributed by atoms with Crippen molar-refractivity contribution in [3.63, 3.8) is 0 Å². The number of piperidine rings is 1. The molecule has 4 rings (SSSR count). The number of hydrogen-bond acceptors (Lipinski definition) is 7. The van der Waals surface area contributed by atoms with Gasteiger partial charge in [-0.25, -0.2) is 0 Å². The molecule has 3 amide bonds. The van der Waals surface area contributed by atoms with Crippen molar-refractivity contribution in [2.45, 2.75) is 64.3 Å². The topological polar surface area (TPSA) is 105 Å². The van der Waals surface area contributed by atoms with E-state index in [1.807, 2.05) is 34.9 Å². The normalized spacial score (nSPS) is 18.4. The number of rotatable bonds is 13. The molecule has 2 aromatic carbocycles. The Labute approximate surface area is 239 Å². The highest BCUT2D eigenvalue weighted by molar-refractivity contribution is 6.30. The number of halogens is 1. The average Bonchev–Trinajstić information content (AvgIpc) is 3.33. The summed E-state index contributed by atoms with van der Waals surface area (Å²) in [6.07, 6.45) is 2.94. The van der Waals surface area contributed by atoms with Gasteiger partial charge in [0.1, 0.15) is 5.75 Å². The highest BCUT2D eigenvalue weighted by Crippen LogP contribution is 2.35. The predicted octanol–water partition coefficient (Wildman–Crippen LogP) is 4.06. The Balaban J connectivity index is 1.28. The van der Waals surface area contributed by atoms with Crippen molar-refractivity contribution in [2.75, 3.05) is 26.7 Å². The zero-order chi connectivity index (χ0) is 28.6. The lowest BCUT2D eigenvalue weighted by Crippen LogP contribution is -2.51. The minimum atomic E-state index is -0.469. The fraction of sp³-hybridized carbons (Fsp3) is 0.467. The fourth-order valence-corrected chi connectivity index (χ4v) is 5.45. The summed E-state index contributed by atoms with van der Waals surface area (Å²) in [7, 11) is 1.78. The minimum Gasteiger partial charge on any atom is -0.493 e. The summed E-state index contributed by atoms with van der Waals surface area (Å²) >= 11 is 6.16. The van der Waals surface area contributed by atoms with E-state index in [-0.39, 0.29) is 30.2 Å². The number of hydrogen-bond donors (Lipinski definition) is 1. The van der Waals surface area contributed by atoms with E-state index < -0.39 is 6.04 Å². The van der Waals surface area contributed by atoms with E-state index in [4.69, 9.17) is 21.1 Å². The monoisotopic (exact) mass is 569 g/mol. The molecule has 2 unspecified atom stereocenters. The van der Waals surface area contributed by atoms with Crippen LogP contribution < -0.4 is 10.1 Å². The zero-order valence-corrected chi connectivity index (χ0v) is 23.7. The number of benzene rings is 2. The number of nitrogens with one attached hydrogen (secondary N) is 1. The van der Waals surface area contributed by atoms with Crippen LogP contribution in [-0.4, -0.2) is 66.6 Å². The van der Waals surface area contributed by atoms with Gasteiger partial charge >= 0.3 is 0 Å². The Bertz CT molecular complexity index is 1250. The molecule has 2 aliphatic rings. The third-order valence-corrected chi connectivity index (χ3v) is 7.76. The maximum atomic E-state index is 12.9. The Hall–Kier alpha value is -3.27. The summed E-state index contributed by atoms with van der Waals surface area (Å²) in [5.41, 5.74) is 3.38. The van der Waals surface area contributed by atoms with E-state index in [1.165, 1.54) is 0 Å². The van der Waals surface area contributed by atoms with Gasteiger partial charge in [0.25, 0.3) is 0 Å². The van der Waals surface area contributed by atoms with Gasteiger partial charge in [0, 0.05) is 48.6 Å². The second kappa shape index (κ2) is 13.9. The van der Waals surface area contributed by atoms with Crippen LogP contribution in [0.3, 0.4) is 0 Å². The molecule has 2 atom stereocenters. The number of likely N-dealkylation sites (N-methyl/N-ethyl adjacent to an activating group) is 1. The van der Waals surface area contributed by atoms with Crippen LogP contribution in [0.4, 0.5) is 0 Å². The molecule has 0 aliphatic carbocycles. The summed E-state index contributed by atoms with van der Waals surface area (Å²) in [4.78, 5) is 52.1. The zero-order valence-electron chi connectivity index (χ0n) is 23.0. The predicted molar refractivity (Wildman–Crippen MR) is 150 cm³/mol. The number of nitrogens with zero attached hydrogens (tertiary/aromatic N) is 2. The molecule has 214 valence electrons. The molecular weight excluding hydrogens is 534 g/mol. The highest BCUT2D eigenvalue weighted by Gasteiger charge is 2.30. The van der Waals surface area contributed by atoms with Crippen LogP contribution in [0.5, 0.6) is 5.75 Å². The van der Waals surface area contributed by atoms with Crippen molar-refractivity contribution in [1.29, 1.82) is 0 Å². The number of ether oxygens (including phenoxy) is 2. The lowest BCUT2D eigenvalue weighted by Gasteiger charge is -2.30. The van der Waals surface area contributed by atoms with Gasteiger partial charge in [-0.1, -0.05) is 29.8 Å². The van der Waals surface area contributed by atoms with Crippen LogP contribution in [-0.2, 0) is 32.3 Å². The SMILES string of the molecule is CCN(CCC1OCc2ccc(Cl)cc21)C(=O)CCCOc1cccc(C=O)c1CN(C)C1CCC(=O)NC1=O. The molecule has 0 spiro atoms. The van der Waals surface area contributed by atoms with Crippen LogP contribution in [0, 0.1) is 0 Å². The third kappa shape index (κ3) is 7.27. The molecule has 2 aliphatic heterocycles. The molecule has 10 heteroatoms. The van der Waals surface area contributed by atoms with Crippen LogP contribution in [0.2, 0.25) is 5.02 Å². The van der Waals surface area contributed by atoms with E-state index in [0.29, 0.717) is 80.4 Å². The van der Waals surface area contributed by atoms with Crippen molar-refractivity contribution in [2.24, 2.45) is 0 Å². The molecule has 0 radical (unpaired) electrons. The molecule has 1 N–H and O–H groups in total. The minimum absolute atomic E-state index is 0.0508. The maximum Gasteiger partial charge on any atom is 0.243 e. The quantitative estimate of drug-likeness (QED) is 0.220. The lowest BCUT2D eigenvalue weighted by atomic mass is 10.0. The molecule has 9 nitrogen and oxygen atoms in total. The lowest BCUT2D eigenvalue weighted by molar-refractivity contribution is -0.137. The van der Waals surface area contributed by atoms with Crippen LogP contribution in [0.25, 0.3) is 0 Å². The highest BCUT2D eigenvalue weighted by atomic mass is 35.5.